The fraction of sp³-hybridized carbons (Fsp3) is 0.294. The summed E-state index contributed by atoms with van der Waals surface area (Å²) >= 11 is 6.29. The number of anilines is 1. The van der Waals surface area contributed by atoms with E-state index in [1.165, 1.54) is 12.1 Å². The molecular formula is C34H31ClF3N3O2. The number of nitrogens with zero attached hydrogens (tertiary/aromatic N) is 2. The van der Waals surface area contributed by atoms with Gasteiger partial charge in [-0.3, -0.25) is 9.69 Å². The van der Waals surface area contributed by atoms with Crippen LogP contribution in [0, 0.1) is 30.6 Å². The van der Waals surface area contributed by atoms with Gasteiger partial charge in [0.2, 0.25) is 0 Å². The molecule has 43 heavy (non-hydrogen) atoms. The number of Topliss-reactive ketones (excluding diaryl/α,β-unsaturated/α-hetero) is 1. The lowest BCUT2D eigenvalue weighted by Crippen LogP contribution is -2.42. The summed E-state index contributed by atoms with van der Waals surface area (Å²) in [5, 5.41) is 10.9. The van der Waals surface area contributed by atoms with Crippen LogP contribution in [0.25, 0.3) is 0 Å². The largest absolute Gasteiger partial charge is 0.487 e. The van der Waals surface area contributed by atoms with Crippen molar-refractivity contribution >= 4 is 23.1 Å². The van der Waals surface area contributed by atoms with Gasteiger partial charge in [-0.1, -0.05) is 49.7 Å². The molecule has 0 spiro atoms. The number of benzene rings is 3. The summed E-state index contributed by atoms with van der Waals surface area (Å²) in [5.41, 5.74) is 10.5. The smallest absolute Gasteiger partial charge is 0.416 e. The molecule has 1 aliphatic carbocycles. The lowest BCUT2D eigenvalue weighted by atomic mass is 9.68. The number of allylic oxidation sites excluding steroid dienone is 3. The first-order chi connectivity index (χ1) is 20.2. The average Bonchev–Trinajstić information content (AvgIpc) is 2.92. The zero-order chi connectivity index (χ0) is 31.3. The van der Waals surface area contributed by atoms with E-state index >= 15 is 0 Å². The van der Waals surface area contributed by atoms with Gasteiger partial charge >= 0.3 is 6.18 Å². The van der Waals surface area contributed by atoms with Crippen LogP contribution in [-0.4, -0.2) is 5.78 Å². The standard InChI is InChI=1S/C34H31ClF3N3O2/c1-19-13-20(2)24(14-21(19)18-43-29-8-6-5-7-26(29)35)30-25(17-39)32(40)41(23-11-9-22(10-12-23)34(36,37)38)27-15-33(3,4)16-28(42)31(27)30/h5-14,30H,15-16,18,40H2,1-4H3. The Morgan fingerprint density at radius 2 is 1.74 bits per heavy atom. The molecular weight excluding hydrogens is 575 g/mol. The minimum atomic E-state index is -4.51. The van der Waals surface area contributed by atoms with Crippen molar-refractivity contribution in [2.45, 2.75) is 59.2 Å². The van der Waals surface area contributed by atoms with Crippen molar-refractivity contribution < 1.29 is 22.7 Å². The molecule has 1 heterocycles. The molecule has 1 unspecified atom stereocenters. The maximum absolute atomic E-state index is 13.9. The number of hydrogen-bond donors (Lipinski definition) is 1. The monoisotopic (exact) mass is 605 g/mol. The van der Waals surface area contributed by atoms with E-state index in [2.05, 4.69) is 6.07 Å². The maximum atomic E-state index is 13.9. The van der Waals surface area contributed by atoms with Gasteiger partial charge in [0.15, 0.2) is 5.78 Å². The third-order valence-corrected chi connectivity index (χ3v) is 8.40. The van der Waals surface area contributed by atoms with Crippen LogP contribution >= 0.6 is 11.6 Å². The third-order valence-electron chi connectivity index (χ3n) is 8.09. The van der Waals surface area contributed by atoms with E-state index in [0.717, 1.165) is 34.4 Å². The second-order valence-electron chi connectivity index (χ2n) is 11.9. The lowest BCUT2D eigenvalue weighted by Gasteiger charge is -2.44. The molecule has 9 heteroatoms. The number of nitrogens with two attached hydrogens (primary N) is 1. The molecule has 0 aromatic heterocycles. The molecule has 0 radical (unpaired) electrons. The van der Waals surface area contributed by atoms with Crippen LogP contribution in [0.2, 0.25) is 5.02 Å². The van der Waals surface area contributed by atoms with Crippen molar-refractivity contribution in [1.82, 2.24) is 0 Å². The molecule has 1 atom stereocenters. The number of alkyl halides is 3. The number of ether oxygens (including phenoxy) is 1. The zero-order valence-electron chi connectivity index (χ0n) is 24.3. The molecule has 3 aromatic rings. The van der Waals surface area contributed by atoms with Gasteiger partial charge in [0.05, 0.1) is 28.1 Å². The van der Waals surface area contributed by atoms with Crippen molar-refractivity contribution in [3.63, 3.8) is 0 Å². The Kier molecular flexibility index (Phi) is 7.82. The molecule has 0 saturated heterocycles. The van der Waals surface area contributed by atoms with Crippen molar-refractivity contribution in [3.8, 4) is 11.8 Å². The number of halogens is 4. The molecule has 1 aliphatic heterocycles. The number of para-hydroxylation sites is 1. The summed E-state index contributed by atoms with van der Waals surface area (Å²) in [6, 6.07) is 17.9. The van der Waals surface area contributed by atoms with Crippen molar-refractivity contribution in [1.29, 1.82) is 5.26 Å². The van der Waals surface area contributed by atoms with Gasteiger partial charge in [-0.2, -0.15) is 18.4 Å². The Morgan fingerprint density at radius 1 is 1.07 bits per heavy atom. The first-order valence-corrected chi connectivity index (χ1v) is 14.2. The topological polar surface area (TPSA) is 79.4 Å². The van der Waals surface area contributed by atoms with Gasteiger partial charge in [0.1, 0.15) is 18.2 Å². The molecule has 0 saturated carbocycles. The number of ketones is 1. The molecule has 5 rings (SSSR count). The second kappa shape index (κ2) is 11.1. The molecule has 0 bridgehead atoms. The number of hydrogen-bond acceptors (Lipinski definition) is 5. The van der Waals surface area contributed by atoms with Gasteiger partial charge in [-0.15, -0.1) is 0 Å². The highest BCUT2D eigenvalue weighted by atomic mass is 35.5. The molecule has 0 fully saturated rings. The molecule has 5 nitrogen and oxygen atoms in total. The zero-order valence-corrected chi connectivity index (χ0v) is 25.0. The Balaban J connectivity index is 1.66. The number of rotatable bonds is 5. The van der Waals surface area contributed by atoms with E-state index in [9.17, 15) is 23.2 Å². The summed E-state index contributed by atoms with van der Waals surface area (Å²) in [5.74, 6) is -0.242. The quantitative estimate of drug-likeness (QED) is 0.315. The van der Waals surface area contributed by atoms with Crippen LogP contribution < -0.4 is 15.4 Å². The predicted molar refractivity (Wildman–Crippen MR) is 160 cm³/mol. The molecule has 2 N–H and O–H groups in total. The second-order valence-corrected chi connectivity index (χ2v) is 12.3. The Morgan fingerprint density at radius 3 is 2.37 bits per heavy atom. The minimum Gasteiger partial charge on any atom is -0.487 e. The van der Waals surface area contributed by atoms with Gasteiger partial charge in [0, 0.05) is 23.4 Å². The van der Waals surface area contributed by atoms with Crippen molar-refractivity contribution in [2.75, 3.05) is 4.90 Å². The van der Waals surface area contributed by atoms with Crippen LogP contribution in [-0.2, 0) is 17.6 Å². The fourth-order valence-corrected chi connectivity index (χ4v) is 6.20. The number of carbonyl (C=O) groups excluding carboxylic acids is 1. The summed E-state index contributed by atoms with van der Waals surface area (Å²) in [6.45, 7) is 8.03. The van der Waals surface area contributed by atoms with Gasteiger partial charge in [-0.25, -0.2) is 0 Å². The Labute approximate surface area is 254 Å². The van der Waals surface area contributed by atoms with Gasteiger partial charge < -0.3 is 10.5 Å². The van der Waals surface area contributed by atoms with E-state index < -0.39 is 23.1 Å². The lowest BCUT2D eigenvalue weighted by molar-refractivity contribution is -0.137. The third kappa shape index (κ3) is 5.74. The highest BCUT2D eigenvalue weighted by molar-refractivity contribution is 6.32. The van der Waals surface area contributed by atoms with E-state index in [0.29, 0.717) is 34.2 Å². The first kappa shape index (κ1) is 30.2. The molecule has 2 aliphatic rings. The van der Waals surface area contributed by atoms with Crippen LogP contribution in [0.3, 0.4) is 0 Å². The van der Waals surface area contributed by atoms with Crippen molar-refractivity contribution in [3.05, 3.63) is 116 Å². The van der Waals surface area contributed by atoms with Crippen LogP contribution in [0.5, 0.6) is 5.75 Å². The SMILES string of the molecule is Cc1cc(C)c(C2C(C#N)=C(N)N(c3ccc(C(F)(F)F)cc3)C3=C2C(=O)CC(C)(C)C3)cc1COc1ccccc1Cl. The van der Waals surface area contributed by atoms with E-state index in [4.69, 9.17) is 22.1 Å². The van der Waals surface area contributed by atoms with E-state index in [1.807, 2.05) is 52.0 Å². The highest BCUT2D eigenvalue weighted by Gasteiger charge is 2.45. The normalized spacial score (nSPS) is 18.4. The van der Waals surface area contributed by atoms with Crippen LogP contribution in [0.4, 0.5) is 18.9 Å². The summed E-state index contributed by atoms with van der Waals surface area (Å²) < 4.78 is 46.0. The Bertz CT molecular complexity index is 1720. The maximum Gasteiger partial charge on any atom is 0.416 e. The number of nitriles is 1. The number of aryl methyl sites for hydroxylation is 2. The average molecular weight is 606 g/mol. The van der Waals surface area contributed by atoms with E-state index in [1.54, 1.807) is 17.0 Å². The molecule has 3 aromatic carbocycles. The molecule has 222 valence electrons. The van der Waals surface area contributed by atoms with Crippen molar-refractivity contribution in [2.24, 2.45) is 11.1 Å². The molecule has 0 amide bonds. The van der Waals surface area contributed by atoms with E-state index in [-0.39, 0.29) is 30.2 Å². The minimum absolute atomic E-state index is 0.0883. The predicted octanol–water partition coefficient (Wildman–Crippen LogP) is 8.50. The van der Waals surface area contributed by atoms with Crippen LogP contribution in [0.15, 0.2) is 83.3 Å². The number of carbonyl (C=O) groups is 1. The Hall–Kier alpha value is -4.22. The highest BCUT2D eigenvalue weighted by Crippen LogP contribution is 2.51. The van der Waals surface area contributed by atoms with Crippen LogP contribution in [0.1, 0.15) is 60.4 Å². The van der Waals surface area contributed by atoms with Gasteiger partial charge in [0.25, 0.3) is 0 Å². The summed E-state index contributed by atoms with van der Waals surface area (Å²) in [7, 11) is 0. The fourth-order valence-electron chi connectivity index (χ4n) is 6.01. The van der Waals surface area contributed by atoms with Gasteiger partial charge in [-0.05, 0) is 84.3 Å². The summed E-state index contributed by atoms with van der Waals surface area (Å²) in [4.78, 5) is 15.5. The first-order valence-electron chi connectivity index (χ1n) is 13.8. The summed E-state index contributed by atoms with van der Waals surface area (Å²) in [6.07, 6.45) is -3.80.